The number of likely N-dealkylation sites (tertiary alicyclic amines) is 1. The van der Waals surface area contributed by atoms with E-state index >= 15 is 0 Å². The Balaban J connectivity index is 1.72. The number of aryl methyl sites for hydroxylation is 1. The summed E-state index contributed by atoms with van der Waals surface area (Å²) in [5, 5.41) is 0. The Morgan fingerprint density at radius 3 is 2.89 bits per heavy atom. The molecular weight excluding hydrogens is 226 g/mol. The highest BCUT2D eigenvalue weighted by atomic mass is 16.5. The fourth-order valence-electron chi connectivity index (χ4n) is 2.35. The Kier molecular flexibility index (Phi) is 4.76. The summed E-state index contributed by atoms with van der Waals surface area (Å²) in [5.41, 5.74) is 1.19. The van der Waals surface area contributed by atoms with Crippen LogP contribution in [0, 0.1) is 0 Å². The summed E-state index contributed by atoms with van der Waals surface area (Å²) >= 11 is 0. The lowest BCUT2D eigenvalue weighted by Gasteiger charge is -2.29. The van der Waals surface area contributed by atoms with E-state index in [9.17, 15) is 4.79 Å². The van der Waals surface area contributed by atoms with Gasteiger partial charge in [-0.15, -0.1) is 0 Å². The van der Waals surface area contributed by atoms with Gasteiger partial charge in [-0.3, -0.25) is 4.79 Å². The van der Waals surface area contributed by atoms with Crippen LogP contribution in [-0.4, -0.2) is 37.1 Å². The molecule has 1 aromatic rings. The molecule has 0 bridgehead atoms. The molecule has 1 saturated heterocycles. The molecule has 1 fully saturated rings. The summed E-state index contributed by atoms with van der Waals surface area (Å²) in [6.07, 6.45) is 3.45. The van der Waals surface area contributed by atoms with Gasteiger partial charge >= 0.3 is 5.97 Å². The van der Waals surface area contributed by atoms with Gasteiger partial charge in [-0.1, -0.05) is 30.3 Å². The van der Waals surface area contributed by atoms with Crippen molar-refractivity contribution in [3.05, 3.63) is 35.9 Å². The molecule has 0 unspecified atom stereocenters. The van der Waals surface area contributed by atoms with Crippen molar-refractivity contribution in [2.45, 2.75) is 31.8 Å². The van der Waals surface area contributed by atoms with Crippen molar-refractivity contribution in [3.63, 3.8) is 0 Å². The van der Waals surface area contributed by atoms with Gasteiger partial charge in [-0.2, -0.15) is 0 Å². The van der Waals surface area contributed by atoms with E-state index in [4.69, 9.17) is 4.74 Å². The van der Waals surface area contributed by atoms with Gasteiger partial charge in [0.2, 0.25) is 0 Å². The monoisotopic (exact) mass is 247 g/mol. The maximum absolute atomic E-state index is 11.8. The first-order valence-corrected chi connectivity index (χ1v) is 6.66. The van der Waals surface area contributed by atoms with Crippen LogP contribution in [0.15, 0.2) is 30.3 Å². The SMILES string of the molecule is CN1CCC[C@@H](OC(=O)CCc2ccccc2)C1. The Hall–Kier alpha value is -1.35. The molecular formula is C15H21NO2. The molecule has 0 saturated carbocycles. The average molecular weight is 247 g/mol. The molecule has 1 aliphatic rings. The number of hydrogen-bond donors (Lipinski definition) is 0. The van der Waals surface area contributed by atoms with Crippen LogP contribution >= 0.6 is 0 Å². The Morgan fingerprint density at radius 2 is 2.17 bits per heavy atom. The number of esters is 1. The van der Waals surface area contributed by atoms with E-state index in [1.807, 2.05) is 30.3 Å². The van der Waals surface area contributed by atoms with Crippen molar-refractivity contribution in [2.24, 2.45) is 0 Å². The van der Waals surface area contributed by atoms with E-state index in [0.717, 1.165) is 32.4 Å². The van der Waals surface area contributed by atoms with E-state index < -0.39 is 0 Å². The zero-order valence-corrected chi connectivity index (χ0v) is 11.0. The lowest BCUT2D eigenvalue weighted by Crippen LogP contribution is -2.38. The maximum Gasteiger partial charge on any atom is 0.306 e. The van der Waals surface area contributed by atoms with Gasteiger partial charge in [0.25, 0.3) is 0 Å². The summed E-state index contributed by atoms with van der Waals surface area (Å²) in [5.74, 6) is -0.0702. The second-order valence-corrected chi connectivity index (χ2v) is 5.00. The van der Waals surface area contributed by atoms with Crippen molar-refractivity contribution in [2.75, 3.05) is 20.1 Å². The molecule has 3 nitrogen and oxygen atoms in total. The molecule has 98 valence electrons. The third kappa shape index (κ3) is 4.15. The second-order valence-electron chi connectivity index (χ2n) is 5.00. The van der Waals surface area contributed by atoms with E-state index in [-0.39, 0.29) is 12.1 Å². The Morgan fingerprint density at radius 1 is 1.39 bits per heavy atom. The average Bonchev–Trinajstić information content (AvgIpc) is 2.38. The van der Waals surface area contributed by atoms with Crippen LogP contribution in [0.1, 0.15) is 24.8 Å². The number of benzene rings is 1. The molecule has 0 amide bonds. The van der Waals surface area contributed by atoms with Gasteiger partial charge in [-0.05, 0) is 38.4 Å². The summed E-state index contributed by atoms with van der Waals surface area (Å²) in [6, 6.07) is 10.1. The third-order valence-electron chi connectivity index (χ3n) is 3.34. The molecule has 0 aromatic heterocycles. The first-order chi connectivity index (χ1) is 8.74. The summed E-state index contributed by atoms with van der Waals surface area (Å²) < 4.78 is 5.50. The lowest BCUT2D eigenvalue weighted by molar-refractivity contribution is -0.151. The van der Waals surface area contributed by atoms with Gasteiger partial charge < -0.3 is 9.64 Å². The van der Waals surface area contributed by atoms with E-state index in [1.54, 1.807) is 0 Å². The minimum Gasteiger partial charge on any atom is -0.461 e. The highest BCUT2D eigenvalue weighted by molar-refractivity contribution is 5.70. The fourth-order valence-corrected chi connectivity index (χ4v) is 2.35. The number of nitrogens with zero attached hydrogens (tertiary/aromatic N) is 1. The molecule has 0 N–H and O–H groups in total. The zero-order chi connectivity index (χ0) is 12.8. The van der Waals surface area contributed by atoms with Crippen molar-refractivity contribution in [3.8, 4) is 0 Å². The van der Waals surface area contributed by atoms with Crippen LogP contribution in [0.4, 0.5) is 0 Å². The molecule has 1 aliphatic heterocycles. The summed E-state index contributed by atoms with van der Waals surface area (Å²) in [7, 11) is 2.07. The zero-order valence-electron chi connectivity index (χ0n) is 11.0. The number of carbonyl (C=O) groups excluding carboxylic acids is 1. The van der Waals surface area contributed by atoms with Crippen molar-refractivity contribution in [1.82, 2.24) is 4.90 Å². The molecule has 0 aliphatic carbocycles. The topological polar surface area (TPSA) is 29.5 Å². The first kappa shape index (κ1) is 13.1. The molecule has 0 radical (unpaired) electrons. The maximum atomic E-state index is 11.8. The van der Waals surface area contributed by atoms with Gasteiger partial charge in [0.05, 0.1) is 0 Å². The number of piperidine rings is 1. The van der Waals surface area contributed by atoms with Gasteiger partial charge in [-0.25, -0.2) is 0 Å². The number of rotatable bonds is 4. The highest BCUT2D eigenvalue weighted by Gasteiger charge is 2.20. The first-order valence-electron chi connectivity index (χ1n) is 6.66. The lowest BCUT2D eigenvalue weighted by atomic mass is 10.1. The van der Waals surface area contributed by atoms with Crippen molar-refractivity contribution in [1.29, 1.82) is 0 Å². The second kappa shape index (κ2) is 6.55. The fraction of sp³-hybridized carbons (Fsp3) is 0.533. The highest BCUT2D eigenvalue weighted by Crippen LogP contribution is 2.13. The minimum atomic E-state index is -0.0702. The van der Waals surface area contributed by atoms with Crippen LogP contribution in [0.2, 0.25) is 0 Å². The van der Waals surface area contributed by atoms with Gasteiger partial charge in [0.15, 0.2) is 0 Å². The third-order valence-corrected chi connectivity index (χ3v) is 3.34. The smallest absolute Gasteiger partial charge is 0.306 e. The van der Waals surface area contributed by atoms with Crippen LogP contribution in [0.3, 0.4) is 0 Å². The van der Waals surface area contributed by atoms with Crippen LogP contribution in [-0.2, 0) is 16.0 Å². The predicted octanol–water partition coefficient (Wildman–Crippen LogP) is 2.26. The molecule has 1 aromatic carbocycles. The number of likely N-dealkylation sites (N-methyl/N-ethyl adjacent to an activating group) is 1. The summed E-state index contributed by atoms with van der Waals surface area (Å²) in [4.78, 5) is 14.0. The van der Waals surface area contributed by atoms with Crippen LogP contribution in [0.5, 0.6) is 0 Å². The standard InChI is InChI=1S/C15H21NO2/c1-16-11-5-8-14(12-16)18-15(17)10-9-13-6-3-2-4-7-13/h2-4,6-7,14H,5,8-12H2,1H3/t14-/m1/s1. The van der Waals surface area contributed by atoms with Crippen molar-refractivity contribution >= 4 is 5.97 Å². The molecule has 2 rings (SSSR count). The van der Waals surface area contributed by atoms with Crippen LogP contribution < -0.4 is 0 Å². The van der Waals surface area contributed by atoms with Gasteiger partial charge in [0.1, 0.15) is 6.10 Å². The Bertz CT molecular complexity index is 377. The van der Waals surface area contributed by atoms with E-state index in [0.29, 0.717) is 6.42 Å². The predicted molar refractivity (Wildman–Crippen MR) is 71.4 cm³/mol. The number of hydrogen-bond acceptors (Lipinski definition) is 3. The molecule has 18 heavy (non-hydrogen) atoms. The summed E-state index contributed by atoms with van der Waals surface area (Å²) in [6.45, 7) is 1.98. The van der Waals surface area contributed by atoms with Gasteiger partial charge in [0, 0.05) is 13.0 Å². The molecule has 1 atom stereocenters. The quantitative estimate of drug-likeness (QED) is 0.764. The van der Waals surface area contributed by atoms with E-state index in [1.165, 1.54) is 5.56 Å². The van der Waals surface area contributed by atoms with Crippen molar-refractivity contribution < 1.29 is 9.53 Å². The Labute approximate surface area is 109 Å². The van der Waals surface area contributed by atoms with Crippen LogP contribution in [0.25, 0.3) is 0 Å². The molecule has 0 spiro atoms. The molecule has 3 heteroatoms. The number of carbonyl (C=O) groups is 1. The largest absolute Gasteiger partial charge is 0.461 e. The minimum absolute atomic E-state index is 0.0702. The molecule has 1 heterocycles. The number of ether oxygens (including phenoxy) is 1. The normalized spacial score (nSPS) is 20.6. The van der Waals surface area contributed by atoms with E-state index in [2.05, 4.69) is 11.9 Å².